The maximum absolute atomic E-state index is 12.2. The van der Waals surface area contributed by atoms with Gasteiger partial charge in [-0.15, -0.1) is 0 Å². The number of esters is 1. The number of hydrogen-bond acceptors (Lipinski definition) is 5. The molecule has 2 aromatic rings. The summed E-state index contributed by atoms with van der Waals surface area (Å²) in [5, 5.41) is 13.4. The number of non-ortho nitro benzene ring substituents is 1. The van der Waals surface area contributed by atoms with Crippen LogP contribution in [0.5, 0.6) is 5.75 Å². The van der Waals surface area contributed by atoms with E-state index in [4.69, 9.17) is 16.3 Å². The van der Waals surface area contributed by atoms with Gasteiger partial charge in [0.2, 0.25) is 0 Å². The van der Waals surface area contributed by atoms with Crippen LogP contribution >= 0.6 is 11.6 Å². The lowest BCUT2D eigenvalue weighted by molar-refractivity contribution is -0.384. The number of nitrogens with one attached hydrogen (secondary N) is 1. The average Bonchev–Trinajstić information content (AvgIpc) is 2.48. The summed E-state index contributed by atoms with van der Waals surface area (Å²) in [6.45, 7) is 1.25. The third-order valence-corrected chi connectivity index (χ3v) is 3.10. The minimum absolute atomic E-state index is 0.115. The Bertz CT molecular complexity index is 791. The van der Waals surface area contributed by atoms with Gasteiger partial charge in [0, 0.05) is 24.6 Å². The highest BCUT2D eigenvalue weighted by atomic mass is 35.5. The smallest absolute Gasteiger partial charge is 0.308 e. The van der Waals surface area contributed by atoms with Crippen LogP contribution in [0, 0.1) is 10.1 Å². The molecule has 1 amide bonds. The number of ether oxygens (including phenoxy) is 1. The molecule has 8 heteroatoms. The molecule has 0 aliphatic rings. The Morgan fingerprint density at radius 1 is 1.22 bits per heavy atom. The first-order valence-electron chi connectivity index (χ1n) is 6.40. The van der Waals surface area contributed by atoms with E-state index in [0.717, 1.165) is 6.07 Å². The molecule has 0 aliphatic heterocycles. The number of nitro benzene ring substituents is 1. The van der Waals surface area contributed by atoms with E-state index in [2.05, 4.69) is 5.32 Å². The Hall–Kier alpha value is -2.93. The van der Waals surface area contributed by atoms with Crippen LogP contribution in [0.2, 0.25) is 5.02 Å². The molecule has 0 bridgehead atoms. The highest BCUT2D eigenvalue weighted by Crippen LogP contribution is 2.27. The second-order valence-electron chi connectivity index (χ2n) is 4.50. The van der Waals surface area contributed by atoms with Crippen LogP contribution in [-0.2, 0) is 4.79 Å². The zero-order chi connectivity index (χ0) is 17.0. The van der Waals surface area contributed by atoms with Gasteiger partial charge in [-0.3, -0.25) is 19.7 Å². The monoisotopic (exact) mass is 334 g/mol. The molecule has 23 heavy (non-hydrogen) atoms. The number of benzene rings is 2. The number of nitrogens with zero attached hydrogens (tertiary/aromatic N) is 1. The lowest BCUT2D eigenvalue weighted by Crippen LogP contribution is -2.13. The van der Waals surface area contributed by atoms with Gasteiger partial charge in [-0.1, -0.05) is 17.7 Å². The second-order valence-corrected chi connectivity index (χ2v) is 4.90. The van der Waals surface area contributed by atoms with Crippen molar-refractivity contribution in [2.75, 3.05) is 5.32 Å². The van der Waals surface area contributed by atoms with Crippen LogP contribution in [-0.4, -0.2) is 16.8 Å². The van der Waals surface area contributed by atoms with Crippen molar-refractivity contribution in [1.82, 2.24) is 0 Å². The van der Waals surface area contributed by atoms with E-state index in [0.29, 0.717) is 0 Å². The summed E-state index contributed by atoms with van der Waals surface area (Å²) in [6.07, 6.45) is 0. The summed E-state index contributed by atoms with van der Waals surface area (Å²) in [7, 11) is 0. The third-order valence-electron chi connectivity index (χ3n) is 2.77. The average molecular weight is 335 g/mol. The van der Waals surface area contributed by atoms with Crippen molar-refractivity contribution < 1.29 is 19.2 Å². The lowest BCUT2D eigenvalue weighted by Gasteiger charge is -2.08. The van der Waals surface area contributed by atoms with E-state index in [1.165, 1.54) is 37.3 Å². The van der Waals surface area contributed by atoms with Gasteiger partial charge in [0.1, 0.15) is 5.75 Å². The predicted molar refractivity (Wildman–Crippen MR) is 83.8 cm³/mol. The Kier molecular flexibility index (Phi) is 4.92. The minimum atomic E-state index is -0.590. The van der Waals surface area contributed by atoms with Crippen LogP contribution in [0.1, 0.15) is 17.3 Å². The van der Waals surface area contributed by atoms with Crippen LogP contribution in [0.25, 0.3) is 0 Å². The fourth-order valence-corrected chi connectivity index (χ4v) is 1.95. The Morgan fingerprint density at radius 3 is 2.61 bits per heavy atom. The van der Waals surface area contributed by atoms with Gasteiger partial charge in [0.05, 0.1) is 15.6 Å². The van der Waals surface area contributed by atoms with E-state index in [1.807, 2.05) is 0 Å². The summed E-state index contributed by atoms with van der Waals surface area (Å²) in [6, 6.07) is 9.68. The van der Waals surface area contributed by atoms with Crippen molar-refractivity contribution in [2.24, 2.45) is 0 Å². The van der Waals surface area contributed by atoms with Crippen molar-refractivity contribution in [3.8, 4) is 5.75 Å². The van der Waals surface area contributed by atoms with Gasteiger partial charge in [-0.05, 0) is 24.3 Å². The molecular formula is C15H11ClN2O5. The van der Waals surface area contributed by atoms with Gasteiger partial charge in [0.15, 0.2) is 0 Å². The molecule has 0 fully saturated rings. The van der Waals surface area contributed by atoms with Gasteiger partial charge in [-0.25, -0.2) is 0 Å². The first kappa shape index (κ1) is 16.4. The number of rotatable bonds is 4. The number of hydrogen-bond donors (Lipinski definition) is 1. The van der Waals surface area contributed by atoms with Crippen LogP contribution in [0.4, 0.5) is 11.4 Å². The van der Waals surface area contributed by atoms with E-state index >= 15 is 0 Å². The molecule has 0 unspecified atom stereocenters. The fourth-order valence-electron chi connectivity index (χ4n) is 1.78. The number of amides is 1. The van der Waals surface area contributed by atoms with Crippen LogP contribution in [0.3, 0.4) is 0 Å². The Labute approximate surface area is 136 Å². The summed E-state index contributed by atoms with van der Waals surface area (Å²) < 4.78 is 4.90. The van der Waals surface area contributed by atoms with E-state index in [-0.39, 0.29) is 27.7 Å². The van der Waals surface area contributed by atoms with Gasteiger partial charge in [0.25, 0.3) is 11.6 Å². The molecule has 2 aromatic carbocycles. The summed E-state index contributed by atoms with van der Waals surface area (Å²) >= 11 is 5.93. The normalized spacial score (nSPS) is 10.0. The molecule has 2 rings (SSSR count). The molecule has 0 aliphatic carbocycles. The first-order valence-corrected chi connectivity index (χ1v) is 6.78. The predicted octanol–water partition coefficient (Wildman–Crippen LogP) is 3.43. The summed E-state index contributed by atoms with van der Waals surface area (Å²) in [5.74, 6) is -0.832. The Morgan fingerprint density at radius 2 is 1.96 bits per heavy atom. The number of carbonyl (C=O) groups is 2. The molecular weight excluding hydrogens is 324 g/mol. The minimum Gasteiger partial charge on any atom is -0.427 e. The topological polar surface area (TPSA) is 98.5 Å². The molecule has 0 atom stereocenters. The number of anilines is 1. The van der Waals surface area contributed by atoms with Gasteiger partial charge in [-0.2, -0.15) is 0 Å². The number of halogens is 1. The molecule has 7 nitrogen and oxygen atoms in total. The first-order chi connectivity index (χ1) is 10.9. The molecule has 0 aromatic heterocycles. The highest BCUT2D eigenvalue weighted by molar-refractivity contribution is 6.34. The maximum atomic E-state index is 12.2. The molecule has 118 valence electrons. The molecule has 0 saturated heterocycles. The fraction of sp³-hybridized carbons (Fsp3) is 0.0667. The number of carbonyl (C=O) groups excluding carboxylic acids is 2. The quantitative estimate of drug-likeness (QED) is 0.400. The number of nitro groups is 1. The van der Waals surface area contributed by atoms with E-state index in [1.54, 1.807) is 6.07 Å². The second kappa shape index (κ2) is 6.89. The standard InChI is InChI=1S/C15H11ClN2O5/c1-9(19)23-12-4-2-3-10(7-12)15(20)17-14-8-11(18(21)22)5-6-13(14)16/h2-8H,1H3,(H,17,20). The summed E-state index contributed by atoms with van der Waals surface area (Å²) in [5.41, 5.74) is 0.133. The van der Waals surface area contributed by atoms with Crippen molar-refractivity contribution in [2.45, 2.75) is 6.92 Å². The van der Waals surface area contributed by atoms with Crippen molar-refractivity contribution in [3.63, 3.8) is 0 Å². The highest BCUT2D eigenvalue weighted by Gasteiger charge is 2.14. The van der Waals surface area contributed by atoms with Crippen molar-refractivity contribution in [1.29, 1.82) is 0 Å². The van der Waals surface area contributed by atoms with Gasteiger partial charge < -0.3 is 10.1 Å². The maximum Gasteiger partial charge on any atom is 0.308 e. The third kappa shape index (κ3) is 4.27. The lowest BCUT2D eigenvalue weighted by atomic mass is 10.2. The zero-order valence-corrected chi connectivity index (χ0v) is 12.7. The summed E-state index contributed by atoms with van der Waals surface area (Å²) in [4.78, 5) is 33.3. The van der Waals surface area contributed by atoms with Crippen molar-refractivity contribution >= 4 is 34.9 Å². The SMILES string of the molecule is CC(=O)Oc1cccc(C(=O)Nc2cc([N+](=O)[O-])ccc2Cl)c1. The molecule has 0 radical (unpaired) electrons. The molecule has 0 saturated carbocycles. The van der Waals surface area contributed by atoms with E-state index in [9.17, 15) is 19.7 Å². The van der Waals surface area contributed by atoms with E-state index < -0.39 is 16.8 Å². The zero-order valence-electron chi connectivity index (χ0n) is 11.9. The molecule has 0 spiro atoms. The largest absolute Gasteiger partial charge is 0.427 e. The molecule has 0 heterocycles. The Balaban J connectivity index is 2.24. The van der Waals surface area contributed by atoms with Crippen LogP contribution < -0.4 is 10.1 Å². The molecule has 1 N–H and O–H groups in total. The van der Waals surface area contributed by atoms with Crippen molar-refractivity contribution in [3.05, 3.63) is 63.2 Å². The van der Waals surface area contributed by atoms with Gasteiger partial charge >= 0.3 is 5.97 Å². The van der Waals surface area contributed by atoms with Crippen LogP contribution in [0.15, 0.2) is 42.5 Å².